The Morgan fingerprint density at radius 2 is 1.91 bits per heavy atom. The minimum Gasteiger partial charge on any atom is -0.493 e. The van der Waals surface area contributed by atoms with E-state index in [2.05, 4.69) is 21.2 Å². The maximum Gasteiger partial charge on any atom is 0.294 e. The van der Waals surface area contributed by atoms with Crippen molar-refractivity contribution in [1.29, 1.82) is 0 Å². The molecule has 32 heavy (non-hydrogen) atoms. The number of methoxy groups -OCH3 is 1. The Balaban J connectivity index is 1.76. The summed E-state index contributed by atoms with van der Waals surface area (Å²) < 4.78 is 11.6. The van der Waals surface area contributed by atoms with Crippen molar-refractivity contribution in [3.8, 4) is 11.5 Å². The van der Waals surface area contributed by atoms with Crippen molar-refractivity contribution >= 4 is 56.5 Å². The molecule has 0 spiro atoms. The lowest BCUT2D eigenvalue weighted by molar-refractivity contribution is -0.127. The van der Waals surface area contributed by atoms with Crippen LogP contribution in [0.5, 0.6) is 11.5 Å². The van der Waals surface area contributed by atoms with Gasteiger partial charge in [0.2, 0.25) is 5.91 Å². The smallest absolute Gasteiger partial charge is 0.294 e. The molecule has 2 aromatic rings. The predicted molar refractivity (Wildman–Crippen MR) is 129 cm³/mol. The Labute approximate surface area is 199 Å². The fourth-order valence-electron chi connectivity index (χ4n) is 3.03. The van der Waals surface area contributed by atoms with E-state index in [4.69, 9.17) is 9.47 Å². The second-order valence-corrected chi connectivity index (χ2v) is 8.92. The van der Waals surface area contributed by atoms with Gasteiger partial charge in [-0.15, -0.1) is 0 Å². The van der Waals surface area contributed by atoms with Gasteiger partial charge in [-0.05, 0) is 79.6 Å². The molecule has 0 aromatic heterocycles. The van der Waals surface area contributed by atoms with Gasteiger partial charge in [0.25, 0.3) is 11.1 Å². The summed E-state index contributed by atoms with van der Waals surface area (Å²) in [5.41, 5.74) is 3.41. The highest BCUT2D eigenvalue weighted by Gasteiger charge is 2.36. The molecule has 1 aliphatic rings. The average Bonchev–Trinajstić information content (AvgIpc) is 3.00. The highest BCUT2D eigenvalue weighted by Crippen LogP contribution is 2.38. The number of aryl methyl sites for hydroxylation is 2. The normalized spacial score (nSPS) is 14.8. The number of rotatable bonds is 7. The zero-order chi connectivity index (χ0) is 23.4. The van der Waals surface area contributed by atoms with Crippen molar-refractivity contribution in [2.24, 2.45) is 0 Å². The molecular formula is C23H23BrN2O5S. The molecule has 168 valence electrons. The standard InChI is InChI=1S/C23H23BrN2O5S/c1-5-31-19-11-17(24)15(9-18(19)30-4)10-20-22(28)26(23(29)32-20)12-21(27)25-16-7-6-13(2)14(3)8-16/h6-11H,5,12H2,1-4H3,(H,25,27)/b20-10-. The van der Waals surface area contributed by atoms with Gasteiger partial charge in [-0.2, -0.15) is 0 Å². The third-order valence-corrected chi connectivity index (χ3v) is 6.43. The Hall–Kier alpha value is -2.78. The SMILES string of the molecule is CCOc1cc(Br)c(/C=C2\SC(=O)N(CC(=O)Nc3ccc(C)c(C)c3)C2=O)cc1OC. The number of hydrogen-bond acceptors (Lipinski definition) is 6. The van der Waals surface area contributed by atoms with Crippen LogP contribution < -0.4 is 14.8 Å². The van der Waals surface area contributed by atoms with Crippen LogP contribution in [0.15, 0.2) is 39.7 Å². The summed E-state index contributed by atoms with van der Waals surface area (Å²) in [6.07, 6.45) is 1.59. The Morgan fingerprint density at radius 1 is 1.16 bits per heavy atom. The lowest BCUT2D eigenvalue weighted by Gasteiger charge is -2.13. The van der Waals surface area contributed by atoms with E-state index in [9.17, 15) is 14.4 Å². The Morgan fingerprint density at radius 3 is 2.56 bits per heavy atom. The molecule has 1 aliphatic heterocycles. The first-order valence-electron chi connectivity index (χ1n) is 9.86. The third kappa shape index (κ3) is 5.34. The number of hydrogen-bond donors (Lipinski definition) is 1. The van der Waals surface area contributed by atoms with E-state index >= 15 is 0 Å². The van der Waals surface area contributed by atoms with Crippen LogP contribution >= 0.6 is 27.7 Å². The average molecular weight is 519 g/mol. The number of nitrogens with one attached hydrogen (secondary N) is 1. The second kappa shape index (κ2) is 10.2. The lowest BCUT2D eigenvalue weighted by Crippen LogP contribution is -2.36. The number of carbonyl (C=O) groups excluding carboxylic acids is 3. The highest BCUT2D eigenvalue weighted by atomic mass is 79.9. The van der Waals surface area contributed by atoms with Gasteiger partial charge < -0.3 is 14.8 Å². The van der Waals surface area contributed by atoms with E-state index in [-0.39, 0.29) is 11.4 Å². The first-order valence-corrected chi connectivity index (χ1v) is 11.5. The van der Waals surface area contributed by atoms with Gasteiger partial charge in [0.15, 0.2) is 11.5 Å². The zero-order valence-corrected chi connectivity index (χ0v) is 20.6. The number of anilines is 1. The van der Waals surface area contributed by atoms with Crippen LogP contribution in [0.3, 0.4) is 0 Å². The van der Waals surface area contributed by atoms with Gasteiger partial charge in [0.05, 0.1) is 18.6 Å². The molecule has 2 aromatic carbocycles. The van der Waals surface area contributed by atoms with Crippen molar-refractivity contribution in [1.82, 2.24) is 4.90 Å². The summed E-state index contributed by atoms with van der Waals surface area (Å²) in [6, 6.07) is 8.99. The fraction of sp³-hybridized carbons (Fsp3) is 0.261. The van der Waals surface area contributed by atoms with Gasteiger partial charge in [0, 0.05) is 10.2 Å². The monoisotopic (exact) mass is 518 g/mol. The van der Waals surface area contributed by atoms with Crippen LogP contribution in [0.1, 0.15) is 23.6 Å². The lowest BCUT2D eigenvalue weighted by atomic mass is 10.1. The van der Waals surface area contributed by atoms with Crippen LogP contribution in [0.2, 0.25) is 0 Å². The number of nitrogens with zero attached hydrogens (tertiary/aromatic N) is 1. The number of ether oxygens (including phenoxy) is 2. The molecule has 0 atom stereocenters. The number of carbonyl (C=O) groups is 3. The number of imide groups is 1. The second-order valence-electron chi connectivity index (χ2n) is 7.07. The van der Waals surface area contributed by atoms with E-state index in [1.165, 1.54) is 7.11 Å². The van der Waals surface area contributed by atoms with Crippen LogP contribution in [-0.2, 0) is 9.59 Å². The maximum atomic E-state index is 12.8. The summed E-state index contributed by atoms with van der Waals surface area (Å²) in [6.45, 7) is 5.91. The predicted octanol–water partition coefficient (Wildman–Crippen LogP) is 5.15. The summed E-state index contributed by atoms with van der Waals surface area (Å²) in [5, 5.41) is 2.24. The zero-order valence-electron chi connectivity index (χ0n) is 18.2. The van der Waals surface area contributed by atoms with Crippen LogP contribution in [-0.4, -0.2) is 42.2 Å². The molecule has 0 aliphatic carbocycles. The van der Waals surface area contributed by atoms with Gasteiger partial charge in [-0.3, -0.25) is 19.3 Å². The number of halogens is 1. The molecule has 3 amide bonds. The Bertz CT molecular complexity index is 1120. The van der Waals surface area contributed by atoms with Gasteiger partial charge in [-0.25, -0.2) is 0 Å². The fourth-order valence-corrected chi connectivity index (χ4v) is 4.30. The van der Waals surface area contributed by atoms with Gasteiger partial charge in [0.1, 0.15) is 6.54 Å². The van der Waals surface area contributed by atoms with Crippen molar-refractivity contribution < 1.29 is 23.9 Å². The topological polar surface area (TPSA) is 84.9 Å². The molecule has 0 radical (unpaired) electrons. The molecule has 3 rings (SSSR count). The molecule has 0 unspecified atom stereocenters. The number of benzene rings is 2. The number of thioether (sulfide) groups is 1. The van der Waals surface area contributed by atoms with Crippen molar-refractivity contribution in [3.63, 3.8) is 0 Å². The van der Waals surface area contributed by atoms with Crippen LogP contribution in [0, 0.1) is 13.8 Å². The van der Waals surface area contributed by atoms with Gasteiger partial charge in [-0.1, -0.05) is 22.0 Å². The van der Waals surface area contributed by atoms with E-state index in [0.29, 0.717) is 33.8 Å². The number of amides is 3. The minimum absolute atomic E-state index is 0.223. The molecule has 1 N–H and O–H groups in total. The minimum atomic E-state index is -0.519. The quantitative estimate of drug-likeness (QED) is 0.510. The summed E-state index contributed by atoms with van der Waals surface area (Å²) in [7, 11) is 1.53. The summed E-state index contributed by atoms with van der Waals surface area (Å²) in [5.74, 6) is 0.110. The Kier molecular flexibility index (Phi) is 7.63. The van der Waals surface area contributed by atoms with Crippen LogP contribution in [0.25, 0.3) is 6.08 Å². The molecule has 9 heteroatoms. The van der Waals surface area contributed by atoms with E-state index in [0.717, 1.165) is 27.8 Å². The molecular weight excluding hydrogens is 496 g/mol. The molecule has 0 bridgehead atoms. The molecule has 0 saturated carbocycles. The van der Waals surface area contributed by atoms with Crippen molar-refractivity contribution in [2.45, 2.75) is 20.8 Å². The summed E-state index contributed by atoms with van der Waals surface area (Å²) >= 11 is 4.25. The van der Waals surface area contributed by atoms with Crippen molar-refractivity contribution in [2.75, 3.05) is 25.6 Å². The van der Waals surface area contributed by atoms with E-state index in [1.54, 1.807) is 24.3 Å². The first-order chi connectivity index (χ1) is 15.2. The van der Waals surface area contributed by atoms with Crippen LogP contribution in [0.4, 0.5) is 10.5 Å². The van der Waals surface area contributed by atoms with Gasteiger partial charge >= 0.3 is 0 Å². The maximum absolute atomic E-state index is 12.8. The van der Waals surface area contributed by atoms with E-state index in [1.807, 2.05) is 32.9 Å². The van der Waals surface area contributed by atoms with Crippen molar-refractivity contribution in [3.05, 3.63) is 56.4 Å². The summed E-state index contributed by atoms with van der Waals surface area (Å²) in [4.78, 5) is 38.8. The van der Waals surface area contributed by atoms with E-state index < -0.39 is 17.1 Å². The molecule has 1 saturated heterocycles. The molecule has 1 fully saturated rings. The molecule has 1 heterocycles. The first kappa shape index (κ1) is 23.9. The molecule has 7 nitrogen and oxygen atoms in total. The third-order valence-electron chi connectivity index (χ3n) is 4.84. The highest BCUT2D eigenvalue weighted by molar-refractivity contribution is 9.10. The largest absolute Gasteiger partial charge is 0.493 e.